The monoisotopic (exact) mass is 586 g/mol. The van der Waals surface area contributed by atoms with Gasteiger partial charge in [0, 0.05) is 37.1 Å². The molecule has 3 aromatic rings. The highest BCUT2D eigenvalue weighted by Crippen LogP contribution is 2.50. The van der Waals surface area contributed by atoms with E-state index in [0.29, 0.717) is 41.0 Å². The number of nitrogens with one attached hydrogen (secondary N) is 2. The summed E-state index contributed by atoms with van der Waals surface area (Å²) in [5, 5.41) is 7.80. The summed E-state index contributed by atoms with van der Waals surface area (Å²) in [5.41, 5.74) is 4.03. The maximum atomic E-state index is 14.0. The third kappa shape index (κ3) is 6.45. The number of fused-ring (bicyclic) bond motifs is 1. The summed E-state index contributed by atoms with van der Waals surface area (Å²) >= 11 is 2.98. The van der Waals surface area contributed by atoms with Gasteiger partial charge in [-0.3, -0.25) is 14.5 Å². The van der Waals surface area contributed by atoms with Crippen LogP contribution in [-0.2, 0) is 11.3 Å². The van der Waals surface area contributed by atoms with E-state index in [9.17, 15) is 9.59 Å². The number of amides is 2. The van der Waals surface area contributed by atoms with Crippen LogP contribution in [0.1, 0.15) is 22.8 Å². The van der Waals surface area contributed by atoms with Crippen LogP contribution in [0.5, 0.6) is 0 Å². The Bertz CT molecular complexity index is 1510. The maximum absolute atomic E-state index is 14.0. The molecule has 2 N–H and O–H groups in total. The minimum Gasteiger partial charge on any atom is -0.384 e. The lowest BCUT2D eigenvalue weighted by Crippen LogP contribution is -2.31. The van der Waals surface area contributed by atoms with Crippen molar-refractivity contribution >= 4 is 57.6 Å². The van der Waals surface area contributed by atoms with Gasteiger partial charge in [0.25, 0.3) is 11.8 Å². The van der Waals surface area contributed by atoms with Crippen LogP contribution in [0.4, 0.5) is 17.1 Å². The average Bonchev–Trinajstić information content (AvgIpc) is 3.46. The smallest absolute Gasteiger partial charge is 0.269 e. The summed E-state index contributed by atoms with van der Waals surface area (Å²) in [5.74, 6) is -0.237. The number of aliphatic imine (C=N–C) groups is 1. The Kier molecular flexibility index (Phi) is 9.02. The van der Waals surface area contributed by atoms with Gasteiger partial charge in [-0.15, -0.1) is 0 Å². The standard InChI is InChI=1S/C31H34N6O2S2/c1-5-32-23-16-15-22(28(38)33-17-18-35(2)3)19-24(23)34-31-37(20-21-11-7-6-8-12-21)29(39)27(41-31)30-36(4)25-13-9-10-14-26(25)40-30/h6-16,19,32H,5,17-18,20H2,1-4H3,(H,33,38)/b30-27-,34-31-. The van der Waals surface area contributed by atoms with E-state index in [1.807, 2.05) is 81.5 Å². The highest BCUT2D eigenvalue weighted by molar-refractivity contribution is 8.19. The van der Waals surface area contributed by atoms with E-state index in [-0.39, 0.29) is 11.8 Å². The van der Waals surface area contributed by atoms with Crippen molar-refractivity contribution < 1.29 is 9.59 Å². The zero-order chi connectivity index (χ0) is 28.9. The Hall–Kier alpha value is -3.73. The van der Waals surface area contributed by atoms with Crippen molar-refractivity contribution in [2.45, 2.75) is 18.4 Å². The minimum atomic E-state index is -0.155. The zero-order valence-corrected chi connectivity index (χ0v) is 25.3. The van der Waals surface area contributed by atoms with Crippen LogP contribution < -0.4 is 15.5 Å². The molecule has 212 valence electrons. The first-order valence-corrected chi connectivity index (χ1v) is 15.2. The van der Waals surface area contributed by atoms with Crippen molar-refractivity contribution in [3.8, 4) is 0 Å². The summed E-state index contributed by atoms with van der Waals surface area (Å²) in [6.45, 7) is 4.40. The lowest BCUT2D eigenvalue weighted by molar-refractivity contribution is -0.122. The second-order valence-electron chi connectivity index (χ2n) is 9.96. The molecule has 2 aliphatic heterocycles. The van der Waals surface area contributed by atoms with Gasteiger partial charge in [-0.2, -0.15) is 0 Å². The quantitative estimate of drug-likeness (QED) is 0.317. The Morgan fingerprint density at radius 2 is 1.76 bits per heavy atom. The molecule has 0 aromatic heterocycles. The van der Waals surface area contributed by atoms with E-state index >= 15 is 0 Å². The van der Waals surface area contributed by atoms with Gasteiger partial charge in [-0.25, -0.2) is 4.99 Å². The lowest BCUT2D eigenvalue weighted by atomic mass is 10.1. The van der Waals surface area contributed by atoms with E-state index in [1.165, 1.54) is 11.8 Å². The molecule has 0 saturated carbocycles. The Balaban J connectivity index is 1.53. The molecule has 2 amide bonds. The molecule has 1 saturated heterocycles. The summed E-state index contributed by atoms with van der Waals surface area (Å²) in [6, 6.07) is 23.5. The van der Waals surface area contributed by atoms with Gasteiger partial charge in [-0.1, -0.05) is 54.2 Å². The van der Waals surface area contributed by atoms with Crippen LogP contribution in [0.2, 0.25) is 0 Å². The number of para-hydroxylation sites is 1. The molecule has 3 aromatic carbocycles. The van der Waals surface area contributed by atoms with Crippen LogP contribution in [0.15, 0.2) is 92.6 Å². The van der Waals surface area contributed by atoms with Crippen LogP contribution >= 0.6 is 23.5 Å². The summed E-state index contributed by atoms with van der Waals surface area (Å²) in [6.07, 6.45) is 0. The first-order valence-electron chi connectivity index (χ1n) is 13.5. The number of hydrogen-bond acceptors (Lipinski definition) is 8. The molecule has 0 aliphatic carbocycles. The van der Waals surface area contributed by atoms with Crippen molar-refractivity contribution in [2.24, 2.45) is 4.99 Å². The number of rotatable bonds is 9. The second kappa shape index (κ2) is 12.8. The maximum Gasteiger partial charge on any atom is 0.269 e. The molecule has 2 heterocycles. The zero-order valence-electron chi connectivity index (χ0n) is 23.7. The molecule has 1 fully saturated rings. The summed E-state index contributed by atoms with van der Waals surface area (Å²) in [7, 11) is 5.93. The number of thioether (sulfide) groups is 2. The van der Waals surface area contributed by atoms with Gasteiger partial charge < -0.3 is 20.4 Å². The van der Waals surface area contributed by atoms with Gasteiger partial charge in [0.05, 0.1) is 28.6 Å². The molecule has 0 bridgehead atoms. The molecule has 0 atom stereocenters. The Morgan fingerprint density at radius 1 is 1.00 bits per heavy atom. The van der Waals surface area contributed by atoms with Gasteiger partial charge in [-0.05, 0) is 68.7 Å². The van der Waals surface area contributed by atoms with Crippen molar-refractivity contribution in [1.29, 1.82) is 0 Å². The van der Waals surface area contributed by atoms with Crippen LogP contribution in [-0.4, -0.2) is 67.6 Å². The number of nitrogens with zero attached hydrogens (tertiary/aromatic N) is 4. The van der Waals surface area contributed by atoms with E-state index in [1.54, 1.807) is 28.8 Å². The van der Waals surface area contributed by atoms with Crippen LogP contribution in [0.3, 0.4) is 0 Å². The molecule has 8 nitrogen and oxygen atoms in total. The van der Waals surface area contributed by atoms with E-state index in [4.69, 9.17) is 4.99 Å². The molecule has 41 heavy (non-hydrogen) atoms. The Labute approximate surface area is 249 Å². The summed E-state index contributed by atoms with van der Waals surface area (Å²) in [4.78, 5) is 39.5. The van der Waals surface area contributed by atoms with E-state index < -0.39 is 0 Å². The molecular weight excluding hydrogens is 553 g/mol. The number of benzene rings is 3. The normalized spacial score (nSPS) is 17.5. The largest absolute Gasteiger partial charge is 0.384 e. The Morgan fingerprint density at radius 3 is 2.49 bits per heavy atom. The number of anilines is 2. The number of carbonyl (C=O) groups is 2. The molecular formula is C31H34N6O2S2. The predicted octanol–water partition coefficient (Wildman–Crippen LogP) is 5.58. The third-order valence-electron chi connectivity index (χ3n) is 6.67. The van der Waals surface area contributed by atoms with E-state index in [2.05, 4.69) is 27.7 Å². The summed E-state index contributed by atoms with van der Waals surface area (Å²) < 4.78 is 0. The van der Waals surface area contributed by atoms with Crippen molar-refractivity contribution in [1.82, 2.24) is 15.1 Å². The van der Waals surface area contributed by atoms with Crippen LogP contribution in [0, 0.1) is 0 Å². The number of likely N-dealkylation sites (N-methyl/N-ethyl adjacent to an activating group) is 1. The predicted molar refractivity (Wildman–Crippen MR) is 171 cm³/mol. The van der Waals surface area contributed by atoms with Crippen molar-refractivity contribution in [3.63, 3.8) is 0 Å². The third-order valence-corrected chi connectivity index (χ3v) is 9.10. The fourth-order valence-electron chi connectivity index (χ4n) is 4.53. The molecule has 0 spiro atoms. The lowest BCUT2D eigenvalue weighted by Gasteiger charge is -2.17. The minimum absolute atomic E-state index is 0.0812. The fourth-order valence-corrected chi connectivity index (χ4v) is 6.86. The van der Waals surface area contributed by atoms with Crippen molar-refractivity contribution in [2.75, 3.05) is 51.0 Å². The first-order chi connectivity index (χ1) is 19.9. The SMILES string of the molecule is CCNc1ccc(C(=O)NCCN(C)C)cc1/N=C1\S/C(=C2\Sc3ccccc3N2C)C(=O)N1Cc1ccccc1. The second-order valence-corrected chi connectivity index (χ2v) is 12.0. The average molecular weight is 587 g/mol. The van der Waals surface area contributed by atoms with Gasteiger partial charge in [0.1, 0.15) is 4.91 Å². The molecule has 5 rings (SSSR count). The topological polar surface area (TPSA) is 80.3 Å². The highest BCUT2D eigenvalue weighted by Gasteiger charge is 2.39. The van der Waals surface area contributed by atoms with Gasteiger partial charge in [0.15, 0.2) is 5.17 Å². The van der Waals surface area contributed by atoms with Gasteiger partial charge in [0.2, 0.25) is 0 Å². The molecule has 0 unspecified atom stereocenters. The molecule has 10 heteroatoms. The first kappa shape index (κ1) is 28.8. The van der Waals surface area contributed by atoms with E-state index in [0.717, 1.165) is 33.4 Å². The van der Waals surface area contributed by atoms with Gasteiger partial charge >= 0.3 is 0 Å². The highest BCUT2D eigenvalue weighted by atomic mass is 32.2. The van der Waals surface area contributed by atoms with Crippen molar-refractivity contribution in [3.05, 3.63) is 93.9 Å². The van der Waals surface area contributed by atoms with Crippen LogP contribution in [0.25, 0.3) is 0 Å². The fraction of sp³-hybridized carbons (Fsp3) is 0.258. The number of hydrogen-bond donors (Lipinski definition) is 2. The molecule has 0 radical (unpaired) electrons. The molecule has 2 aliphatic rings. The number of carbonyl (C=O) groups excluding carboxylic acids is 2. The number of amidine groups is 1.